The highest BCUT2D eigenvalue weighted by molar-refractivity contribution is 5.91. The quantitative estimate of drug-likeness (QED) is 0.831. The predicted octanol–water partition coefficient (Wildman–Crippen LogP) is 2.79. The van der Waals surface area contributed by atoms with Gasteiger partial charge in [-0.25, -0.2) is 0 Å². The van der Waals surface area contributed by atoms with Crippen LogP contribution in [0.4, 0.5) is 0 Å². The summed E-state index contributed by atoms with van der Waals surface area (Å²) in [6, 6.07) is 4.14. The van der Waals surface area contributed by atoms with Crippen molar-refractivity contribution in [3.8, 4) is 0 Å². The van der Waals surface area contributed by atoms with E-state index in [1.54, 1.807) is 24.5 Å². The molecule has 96 valence electrons. The summed E-state index contributed by atoms with van der Waals surface area (Å²) in [5, 5.41) is 3.07. The lowest BCUT2D eigenvalue weighted by molar-refractivity contribution is -0.117. The van der Waals surface area contributed by atoms with Crippen molar-refractivity contribution >= 4 is 12.0 Å². The maximum Gasteiger partial charge on any atom is 0.244 e. The molecule has 0 aromatic carbocycles. The molecule has 18 heavy (non-hydrogen) atoms. The van der Waals surface area contributed by atoms with E-state index in [1.807, 2.05) is 12.1 Å². The largest absolute Gasteiger partial charge is 0.350 e. The second-order valence-electron chi connectivity index (χ2n) is 5.10. The van der Waals surface area contributed by atoms with Crippen LogP contribution in [-0.2, 0) is 4.79 Å². The summed E-state index contributed by atoms with van der Waals surface area (Å²) in [5.74, 6) is 0.726. The molecule has 1 aromatic rings. The molecule has 1 saturated carbocycles. The summed E-state index contributed by atoms with van der Waals surface area (Å²) in [5.41, 5.74) is 0.949. The van der Waals surface area contributed by atoms with Crippen molar-refractivity contribution in [2.24, 2.45) is 5.92 Å². The lowest BCUT2D eigenvalue weighted by Crippen LogP contribution is -2.36. The van der Waals surface area contributed by atoms with E-state index >= 15 is 0 Å². The Balaban J connectivity index is 1.83. The van der Waals surface area contributed by atoms with E-state index in [1.165, 1.54) is 12.8 Å². The SMILES string of the molecule is CC1CCCC(NC(=O)C=Cc2cccnc2)C1. The Morgan fingerprint density at radius 1 is 1.50 bits per heavy atom. The molecule has 1 aliphatic rings. The van der Waals surface area contributed by atoms with Crippen LogP contribution in [0, 0.1) is 5.92 Å². The zero-order chi connectivity index (χ0) is 12.8. The molecule has 1 aliphatic carbocycles. The summed E-state index contributed by atoms with van der Waals surface area (Å²) in [7, 11) is 0. The molecule has 1 aromatic heterocycles. The minimum absolute atomic E-state index is 0.00190. The highest BCUT2D eigenvalue weighted by atomic mass is 16.1. The van der Waals surface area contributed by atoms with Gasteiger partial charge in [-0.05, 0) is 36.5 Å². The predicted molar refractivity (Wildman–Crippen MR) is 72.8 cm³/mol. The highest BCUT2D eigenvalue weighted by Gasteiger charge is 2.19. The Morgan fingerprint density at radius 3 is 3.11 bits per heavy atom. The first-order valence-electron chi connectivity index (χ1n) is 6.62. The van der Waals surface area contributed by atoms with Gasteiger partial charge in [-0.2, -0.15) is 0 Å². The van der Waals surface area contributed by atoms with E-state index in [0.29, 0.717) is 6.04 Å². The van der Waals surface area contributed by atoms with Gasteiger partial charge in [0.25, 0.3) is 0 Å². The second-order valence-corrected chi connectivity index (χ2v) is 5.10. The molecule has 0 aliphatic heterocycles. The van der Waals surface area contributed by atoms with Crippen LogP contribution in [-0.4, -0.2) is 16.9 Å². The number of carbonyl (C=O) groups excluding carboxylic acids is 1. The van der Waals surface area contributed by atoms with Gasteiger partial charge in [-0.1, -0.05) is 25.8 Å². The summed E-state index contributed by atoms with van der Waals surface area (Å²) in [4.78, 5) is 15.8. The van der Waals surface area contributed by atoms with Crippen LogP contribution in [0.15, 0.2) is 30.6 Å². The molecule has 1 amide bonds. The number of hydrogen-bond acceptors (Lipinski definition) is 2. The molecular formula is C15H20N2O. The fourth-order valence-corrected chi connectivity index (χ4v) is 2.46. The monoisotopic (exact) mass is 244 g/mol. The minimum atomic E-state index is -0.00190. The zero-order valence-electron chi connectivity index (χ0n) is 10.8. The maximum absolute atomic E-state index is 11.8. The average molecular weight is 244 g/mol. The van der Waals surface area contributed by atoms with Crippen LogP contribution in [0.25, 0.3) is 6.08 Å². The number of amides is 1. The summed E-state index contributed by atoms with van der Waals surface area (Å²) >= 11 is 0. The van der Waals surface area contributed by atoms with Gasteiger partial charge in [0.2, 0.25) is 5.91 Å². The highest BCUT2D eigenvalue weighted by Crippen LogP contribution is 2.23. The van der Waals surface area contributed by atoms with Gasteiger partial charge in [0.1, 0.15) is 0 Å². The van der Waals surface area contributed by atoms with E-state index in [-0.39, 0.29) is 5.91 Å². The van der Waals surface area contributed by atoms with Gasteiger partial charge < -0.3 is 5.32 Å². The van der Waals surface area contributed by atoms with E-state index in [9.17, 15) is 4.79 Å². The van der Waals surface area contributed by atoms with Gasteiger partial charge in [0.05, 0.1) is 0 Å². The molecule has 1 heterocycles. The van der Waals surface area contributed by atoms with Crippen molar-refractivity contribution in [3.63, 3.8) is 0 Å². The van der Waals surface area contributed by atoms with Crippen molar-refractivity contribution in [1.29, 1.82) is 0 Å². The Kier molecular flexibility index (Phi) is 4.51. The molecule has 1 fully saturated rings. The maximum atomic E-state index is 11.8. The normalized spacial score (nSPS) is 24.1. The average Bonchev–Trinajstić information content (AvgIpc) is 2.38. The first-order chi connectivity index (χ1) is 8.74. The summed E-state index contributed by atoms with van der Waals surface area (Å²) in [6.07, 6.45) is 11.6. The van der Waals surface area contributed by atoms with Gasteiger partial charge in [-0.15, -0.1) is 0 Å². The molecular weight excluding hydrogens is 224 g/mol. The summed E-state index contributed by atoms with van der Waals surface area (Å²) < 4.78 is 0. The Morgan fingerprint density at radius 2 is 2.39 bits per heavy atom. The molecule has 0 saturated heterocycles. The van der Waals surface area contributed by atoms with Crippen molar-refractivity contribution in [2.45, 2.75) is 38.6 Å². The summed E-state index contributed by atoms with van der Waals surface area (Å²) in [6.45, 7) is 2.25. The topological polar surface area (TPSA) is 42.0 Å². The molecule has 3 heteroatoms. The number of carbonyl (C=O) groups is 1. The molecule has 2 rings (SSSR count). The first kappa shape index (κ1) is 12.8. The molecule has 2 unspecified atom stereocenters. The van der Waals surface area contributed by atoms with E-state index < -0.39 is 0 Å². The number of pyridine rings is 1. The van der Waals surface area contributed by atoms with Crippen LogP contribution in [0.3, 0.4) is 0 Å². The third-order valence-corrected chi connectivity index (χ3v) is 3.39. The van der Waals surface area contributed by atoms with E-state index in [0.717, 1.165) is 24.3 Å². The number of rotatable bonds is 3. The van der Waals surface area contributed by atoms with E-state index in [4.69, 9.17) is 0 Å². The third-order valence-electron chi connectivity index (χ3n) is 3.39. The zero-order valence-corrected chi connectivity index (χ0v) is 10.8. The van der Waals surface area contributed by atoms with Crippen LogP contribution in [0.2, 0.25) is 0 Å². The lowest BCUT2D eigenvalue weighted by Gasteiger charge is -2.26. The van der Waals surface area contributed by atoms with Crippen LogP contribution < -0.4 is 5.32 Å². The number of nitrogens with zero attached hydrogens (tertiary/aromatic N) is 1. The molecule has 3 nitrogen and oxygen atoms in total. The number of nitrogens with one attached hydrogen (secondary N) is 1. The van der Waals surface area contributed by atoms with Gasteiger partial charge >= 0.3 is 0 Å². The molecule has 1 N–H and O–H groups in total. The van der Waals surface area contributed by atoms with Crippen molar-refractivity contribution in [3.05, 3.63) is 36.2 Å². The lowest BCUT2D eigenvalue weighted by atomic mass is 9.87. The van der Waals surface area contributed by atoms with Gasteiger partial charge in [0.15, 0.2) is 0 Å². The van der Waals surface area contributed by atoms with Crippen LogP contribution >= 0.6 is 0 Å². The number of aromatic nitrogens is 1. The molecule has 2 atom stereocenters. The number of hydrogen-bond donors (Lipinski definition) is 1. The molecule has 0 spiro atoms. The fourth-order valence-electron chi connectivity index (χ4n) is 2.46. The molecule has 0 bridgehead atoms. The Hall–Kier alpha value is -1.64. The van der Waals surface area contributed by atoms with Crippen molar-refractivity contribution in [2.75, 3.05) is 0 Å². The second kappa shape index (κ2) is 6.34. The minimum Gasteiger partial charge on any atom is -0.350 e. The third kappa shape index (κ3) is 3.99. The Bertz CT molecular complexity index is 414. The van der Waals surface area contributed by atoms with Gasteiger partial charge in [0, 0.05) is 24.5 Å². The van der Waals surface area contributed by atoms with Crippen molar-refractivity contribution in [1.82, 2.24) is 10.3 Å². The standard InChI is InChI=1S/C15H20N2O/c1-12-4-2-6-14(10-12)17-15(18)8-7-13-5-3-9-16-11-13/h3,5,7-9,11-12,14H,2,4,6,10H2,1H3,(H,17,18). The molecule has 0 radical (unpaired) electrons. The fraction of sp³-hybridized carbons (Fsp3) is 0.467. The van der Waals surface area contributed by atoms with Crippen molar-refractivity contribution < 1.29 is 4.79 Å². The van der Waals surface area contributed by atoms with Crippen LogP contribution in [0.1, 0.15) is 38.2 Å². The Labute approximate surface area is 108 Å². The van der Waals surface area contributed by atoms with Gasteiger partial charge in [-0.3, -0.25) is 9.78 Å². The van der Waals surface area contributed by atoms with Crippen LogP contribution in [0.5, 0.6) is 0 Å². The smallest absolute Gasteiger partial charge is 0.244 e. The first-order valence-corrected chi connectivity index (χ1v) is 6.62. The van der Waals surface area contributed by atoms with E-state index in [2.05, 4.69) is 17.2 Å².